The van der Waals surface area contributed by atoms with E-state index in [1.165, 1.54) is 6.08 Å². The number of pyridine rings is 2. The van der Waals surface area contributed by atoms with E-state index in [1.807, 2.05) is 35.2 Å². The second-order valence-electron chi connectivity index (χ2n) is 9.01. The fourth-order valence-corrected chi connectivity index (χ4v) is 4.35. The van der Waals surface area contributed by atoms with Crippen molar-refractivity contribution in [1.29, 1.82) is 0 Å². The summed E-state index contributed by atoms with van der Waals surface area (Å²) in [5, 5.41) is 17.6. The van der Waals surface area contributed by atoms with E-state index in [0.29, 0.717) is 22.9 Å². The molecule has 4 heterocycles. The molecule has 10 heteroatoms. The number of carbonyl (C=O) groups excluding carboxylic acids is 1. The van der Waals surface area contributed by atoms with E-state index in [-0.39, 0.29) is 12.5 Å². The highest BCUT2D eigenvalue weighted by atomic mass is 16.5. The minimum absolute atomic E-state index is 0.215. The number of anilines is 1. The van der Waals surface area contributed by atoms with Crippen molar-refractivity contribution in [1.82, 2.24) is 25.5 Å². The lowest BCUT2D eigenvalue weighted by Gasteiger charge is -2.31. The Kier molecular flexibility index (Phi) is 7.64. The van der Waals surface area contributed by atoms with Gasteiger partial charge in [-0.1, -0.05) is 6.07 Å². The summed E-state index contributed by atoms with van der Waals surface area (Å²) >= 11 is 0. The highest BCUT2D eigenvalue weighted by molar-refractivity contribution is 5.92. The molecule has 1 unspecified atom stereocenters. The lowest BCUT2D eigenvalue weighted by atomic mass is 10.1. The van der Waals surface area contributed by atoms with Crippen LogP contribution in [0.5, 0.6) is 5.75 Å². The largest absolute Gasteiger partial charge is 0.493 e. The van der Waals surface area contributed by atoms with Crippen LogP contribution < -0.4 is 21.1 Å². The van der Waals surface area contributed by atoms with Gasteiger partial charge in [0, 0.05) is 61.2 Å². The van der Waals surface area contributed by atoms with Crippen LogP contribution in [-0.4, -0.2) is 59.2 Å². The molecule has 4 aromatic rings. The number of nitrogens with one attached hydrogen (secondary N) is 2. The van der Waals surface area contributed by atoms with Crippen LogP contribution in [-0.2, 0) is 11.3 Å². The quantitative estimate of drug-likeness (QED) is 0.261. The first-order valence-corrected chi connectivity index (χ1v) is 12.4. The summed E-state index contributed by atoms with van der Waals surface area (Å²) in [4.78, 5) is 22.9. The molecule has 5 rings (SSSR count). The molecule has 1 fully saturated rings. The molecular weight excluding hydrogens is 484 g/mol. The maximum Gasteiger partial charge on any atom is 0.244 e. The van der Waals surface area contributed by atoms with Crippen molar-refractivity contribution < 1.29 is 19.1 Å². The molecule has 0 radical (unpaired) electrons. The van der Waals surface area contributed by atoms with Gasteiger partial charge in [0.1, 0.15) is 17.8 Å². The number of fused-ring (bicyclic) bond motifs is 1. The molecule has 3 aromatic heterocycles. The Labute approximate surface area is 220 Å². The van der Waals surface area contributed by atoms with E-state index in [4.69, 9.17) is 14.9 Å². The van der Waals surface area contributed by atoms with Gasteiger partial charge in [-0.2, -0.15) is 0 Å². The molecule has 1 aromatic carbocycles. The number of ether oxygens (including phenoxy) is 1. The van der Waals surface area contributed by atoms with Crippen molar-refractivity contribution in [3.05, 3.63) is 77.8 Å². The smallest absolute Gasteiger partial charge is 0.244 e. The molecule has 38 heavy (non-hydrogen) atoms. The Morgan fingerprint density at radius 1 is 1.21 bits per heavy atom. The van der Waals surface area contributed by atoms with Crippen molar-refractivity contribution >= 4 is 28.8 Å². The van der Waals surface area contributed by atoms with Crippen LogP contribution in [0.3, 0.4) is 0 Å². The number of aromatic nitrogens is 2. The monoisotopic (exact) mass is 514 g/mol. The molecule has 0 aliphatic carbocycles. The number of amides is 1. The van der Waals surface area contributed by atoms with Crippen LogP contribution in [0.15, 0.2) is 65.4 Å². The van der Waals surface area contributed by atoms with Gasteiger partial charge in [0.2, 0.25) is 5.91 Å². The molecule has 0 bridgehead atoms. The van der Waals surface area contributed by atoms with Gasteiger partial charge >= 0.3 is 0 Å². The zero-order valence-corrected chi connectivity index (χ0v) is 21.1. The fourth-order valence-electron chi connectivity index (χ4n) is 4.35. The standard InChI is InChI=1S/C28H30N6O4/c1-37-24-14-20(23-5-4-19(16-31-23)28(36)34-10-8-30-9-11-34)12-21-13-22(38-27(21)24)17-33-26(35)7-3-18-2-6-25(29)32-15-18/h2-7,12-16,28,30,36H,8-11,17H2,1H3,(H2,29,32)(H,33,35)/b7-3+. The molecule has 1 saturated heterocycles. The second kappa shape index (κ2) is 11.4. The number of benzene rings is 1. The Hall–Kier alpha value is -4.25. The molecule has 5 N–H and O–H groups in total. The molecule has 0 spiro atoms. The predicted octanol–water partition coefficient (Wildman–Crippen LogP) is 2.71. The molecule has 1 atom stereocenters. The summed E-state index contributed by atoms with van der Waals surface area (Å²) in [5.74, 6) is 1.32. The van der Waals surface area contributed by atoms with Gasteiger partial charge in [-0.3, -0.25) is 14.7 Å². The van der Waals surface area contributed by atoms with E-state index in [0.717, 1.165) is 53.9 Å². The summed E-state index contributed by atoms with van der Waals surface area (Å²) in [6.07, 6.45) is 5.72. The van der Waals surface area contributed by atoms with Crippen LogP contribution in [0, 0.1) is 0 Å². The number of carbonyl (C=O) groups is 1. The molecule has 10 nitrogen and oxygen atoms in total. The lowest BCUT2D eigenvalue weighted by Crippen LogP contribution is -2.45. The first kappa shape index (κ1) is 25.4. The minimum atomic E-state index is -0.680. The topological polar surface area (TPSA) is 139 Å². The zero-order valence-electron chi connectivity index (χ0n) is 21.1. The number of piperazine rings is 1. The van der Waals surface area contributed by atoms with Crippen LogP contribution in [0.4, 0.5) is 5.82 Å². The van der Waals surface area contributed by atoms with Crippen molar-refractivity contribution in [2.45, 2.75) is 12.8 Å². The van der Waals surface area contributed by atoms with Crippen LogP contribution in [0.2, 0.25) is 0 Å². The van der Waals surface area contributed by atoms with Gasteiger partial charge in [-0.15, -0.1) is 0 Å². The summed E-state index contributed by atoms with van der Waals surface area (Å²) < 4.78 is 11.6. The molecule has 0 saturated carbocycles. The summed E-state index contributed by atoms with van der Waals surface area (Å²) in [6.45, 7) is 3.51. The number of nitrogens with zero attached hydrogens (tertiary/aromatic N) is 3. The Balaban J connectivity index is 1.28. The number of nitrogens with two attached hydrogens (primary N) is 1. The average Bonchev–Trinajstić information content (AvgIpc) is 3.38. The Bertz CT molecular complexity index is 1430. The molecule has 1 aliphatic heterocycles. The van der Waals surface area contributed by atoms with E-state index >= 15 is 0 Å². The SMILES string of the molecule is COc1cc(-c2ccc(C(O)N3CCNCC3)cn2)cc2cc(CNC(=O)/C=C/c3ccc(N)nc3)oc12. The number of hydrogen-bond donors (Lipinski definition) is 4. The molecule has 1 amide bonds. The first-order valence-electron chi connectivity index (χ1n) is 12.4. The number of hydrogen-bond acceptors (Lipinski definition) is 9. The van der Waals surface area contributed by atoms with E-state index in [9.17, 15) is 9.90 Å². The number of nitrogen functional groups attached to an aromatic ring is 1. The highest BCUT2D eigenvalue weighted by Gasteiger charge is 2.20. The van der Waals surface area contributed by atoms with Crippen LogP contribution >= 0.6 is 0 Å². The van der Waals surface area contributed by atoms with Gasteiger partial charge < -0.3 is 30.6 Å². The van der Waals surface area contributed by atoms with Crippen molar-refractivity contribution in [3.63, 3.8) is 0 Å². The lowest BCUT2D eigenvalue weighted by molar-refractivity contribution is -0.116. The Morgan fingerprint density at radius 3 is 2.76 bits per heavy atom. The van der Waals surface area contributed by atoms with Gasteiger partial charge in [0.15, 0.2) is 11.3 Å². The van der Waals surface area contributed by atoms with Crippen molar-refractivity contribution in [2.75, 3.05) is 39.0 Å². The fraction of sp³-hybridized carbons (Fsp3) is 0.250. The molecule has 1 aliphatic rings. The third-order valence-electron chi connectivity index (χ3n) is 6.40. The van der Waals surface area contributed by atoms with Gasteiger partial charge in [0.25, 0.3) is 0 Å². The number of aliphatic hydroxyl groups is 1. The third-order valence-corrected chi connectivity index (χ3v) is 6.40. The number of rotatable bonds is 8. The van der Waals surface area contributed by atoms with Crippen LogP contribution in [0.25, 0.3) is 28.3 Å². The number of methoxy groups -OCH3 is 1. The summed E-state index contributed by atoms with van der Waals surface area (Å²) in [6, 6.07) is 13.0. The third kappa shape index (κ3) is 5.83. The number of aliphatic hydroxyl groups excluding tert-OH is 1. The predicted molar refractivity (Wildman–Crippen MR) is 145 cm³/mol. The molecule has 196 valence electrons. The Morgan fingerprint density at radius 2 is 2.05 bits per heavy atom. The number of furan rings is 1. The average molecular weight is 515 g/mol. The van der Waals surface area contributed by atoms with Gasteiger partial charge in [0.05, 0.1) is 19.3 Å². The van der Waals surface area contributed by atoms with Crippen molar-refractivity contribution in [2.24, 2.45) is 0 Å². The second-order valence-corrected chi connectivity index (χ2v) is 9.01. The maximum absolute atomic E-state index is 12.3. The highest BCUT2D eigenvalue weighted by Crippen LogP contribution is 2.34. The zero-order chi connectivity index (χ0) is 26.5. The molecular formula is C28H30N6O4. The van der Waals surface area contributed by atoms with Gasteiger partial charge in [-0.25, -0.2) is 4.98 Å². The van der Waals surface area contributed by atoms with Gasteiger partial charge in [-0.05, 0) is 48.0 Å². The normalized spacial score (nSPS) is 15.1. The van der Waals surface area contributed by atoms with E-state index in [1.54, 1.807) is 37.7 Å². The summed E-state index contributed by atoms with van der Waals surface area (Å²) in [5.41, 5.74) is 9.31. The minimum Gasteiger partial charge on any atom is -0.493 e. The maximum atomic E-state index is 12.3. The summed E-state index contributed by atoms with van der Waals surface area (Å²) in [7, 11) is 1.58. The van der Waals surface area contributed by atoms with E-state index in [2.05, 4.69) is 20.6 Å². The van der Waals surface area contributed by atoms with E-state index < -0.39 is 6.23 Å². The van der Waals surface area contributed by atoms with Crippen LogP contribution in [0.1, 0.15) is 23.1 Å². The first-order chi connectivity index (χ1) is 18.5. The van der Waals surface area contributed by atoms with Crippen molar-refractivity contribution in [3.8, 4) is 17.0 Å².